The van der Waals surface area contributed by atoms with Gasteiger partial charge < -0.3 is 9.47 Å². The van der Waals surface area contributed by atoms with Gasteiger partial charge >= 0.3 is 5.97 Å². The van der Waals surface area contributed by atoms with E-state index in [0.29, 0.717) is 17.9 Å². The Labute approximate surface area is 112 Å². The van der Waals surface area contributed by atoms with E-state index < -0.39 is 0 Å². The molecule has 0 fully saturated rings. The highest BCUT2D eigenvalue weighted by Crippen LogP contribution is 2.25. The van der Waals surface area contributed by atoms with Crippen molar-refractivity contribution in [2.24, 2.45) is 0 Å². The number of benzene rings is 1. The molecule has 0 unspecified atom stereocenters. The zero-order valence-electron chi connectivity index (χ0n) is 10.9. The molecule has 1 heterocycles. The number of carbonyl (C=O) groups is 1. The van der Waals surface area contributed by atoms with E-state index in [0.717, 1.165) is 11.3 Å². The highest BCUT2D eigenvalue weighted by molar-refractivity contribution is 5.96. The second-order valence-electron chi connectivity index (χ2n) is 3.85. The quantitative estimate of drug-likeness (QED) is 0.790. The van der Waals surface area contributed by atoms with Crippen molar-refractivity contribution in [1.29, 1.82) is 0 Å². The summed E-state index contributed by atoms with van der Waals surface area (Å²) in [7, 11) is 1.60. The van der Waals surface area contributed by atoms with Crippen molar-refractivity contribution < 1.29 is 14.3 Å². The molecule has 0 radical (unpaired) electrons. The van der Waals surface area contributed by atoms with Gasteiger partial charge in [0.2, 0.25) is 0 Å². The first-order valence-corrected chi connectivity index (χ1v) is 6.02. The van der Waals surface area contributed by atoms with Crippen LogP contribution < -0.4 is 4.74 Å². The summed E-state index contributed by atoms with van der Waals surface area (Å²) >= 11 is 0. The van der Waals surface area contributed by atoms with Gasteiger partial charge in [-0.3, -0.25) is 4.98 Å². The van der Waals surface area contributed by atoms with E-state index >= 15 is 0 Å². The lowest BCUT2D eigenvalue weighted by atomic mass is 10.1. The van der Waals surface area contributed by atoms with Crippen LogP contribution in [0.4, 0.5) is 0 Å². The van der Waals surface area contributed by atoms with Crippen molar-refractivity contribution in [3.8, 4) is 17.0 Å². The number of hydrogen-bond donors (Lipinski definition) is 0. The number of aromatic nitrogens is 1. The van der Waals surface area contributed by atoms with Crippen LogP contribution in [0.5, 0.6) is 5.75 Å². The lowest BCUT2D eigenvalue weighted by Crippen LogP contribution is -2.07. The monoisotopic (exact) mass is 257 g/mol. The number of hydrogen-bond acceptors (Lipinski definition) is 4. The van der Waals surface area contributed by atoms with E-state index in [1.54, 1.807) is 32.4 Å². The van der Waals surface area contributed by atoms with Gasteiger partial charge in [0.05, 0.1) is 25.0 Å². The molecule has 0 aliphatic rings. The standard InChI is InChI=1S/C15H15NO3/c1-3-19-15(17)13-8-5-9-16-14(13)11-6-4-7-12(10-11)18-2/h4-10H,3H2,1-2H3. The molecule has 4 heteroatoms. The molecule has 0 aliphatic heterocycles. The molecule has 0 atom stereocenters. The number of rotatable bonds is 4. The van der Waals surface area contributed by atoms with Crippen LogP contribution in [0.25, 0.3) is 11.3 Å². The number of carbonyl (C=O) groups excluding carboxylic acids is 1. The minimum Gasteiger partial charge on any atom is -0.497 e. The predicted molar refractivity (Wildman–Crippen MR) is 72.2 cm³/mol. The van der Waals surface area contributed by atoms with Crippen LogP contribution in [0.3, 0.4) is 0 Å². The van der Waals surface area contributed by atoms with Gasteiger partial charge in [-0.15, -0.1) is 0 Å². The van der Waals surface area contributed by atoms with Crippen LogP contribution in [-0.2, 0) is 4.74 Å². The van der Waals surface area contributed by atoms with Gasteiger partial charge in [-0.05, 0) is 31.2 Å². The van der Waals surface area contributed by atoms with Crippen molar-refractivity contribution in [2.75, 3.05) is 13.7 Å². The van der Waals surface area contributed by atoms with Gasteiger partial charge in [0.15, 0.2) is 0 Å². The van der Waals surface area contributed by atoms with Crippen LogP contribution in [0.1, 0.15) is 17.3 Å². The Hall–Kier alpha value is -2.36. The third kappa shape index (κ3) is 2.91. The summed E-state index contributed by atoms with van der Waals surface area (Å²) in [4.78, 5) is 16.2. The molecular formula is C15H15NO3. The molecule has 98 valence electrons. The molecule has 4 nitrogen and oxygen atoms in total. The fourth-order valence-corrected chi connectivity index (χ4v) is 1.78. The number of pyridine rings is 1. The van der Waals surface area contributed by atoms with Crippen molar-refractivity contribution in [3.05, 3.63) is 48.2 Å². The molecule has 1 aromatic heterocycles. The number of nitrogens with zero attached hydrogens (tertiary/aromatic N) is 1. The molecule has 19 heavy (non-hydrogen) atoms. The summed E-state index contributed by atoms with van der Waals surface area (Å²) < 4.78 is 10.2. The Kier molecular flexibility index (Phi) is 4.13. The molecule has 0 spiro atoms. The lowest BCUT2D eigenvalue weighted by molar-refractivity contribution is 0.0527. The molecule has 0 amide bonds. The average Bonchev–Trinajstić information content (AvgIpc) is 2.47. The molecule has 0 aliphatic carbocycles. The normalized spacial score (nSPS) is 10.0. The zero-order chi connectivity index (χ0) is 13.7. The van der Waals surface area contributed by atoms with Crippen molar-refractivity contribution >= 4 is 5.97 Å². The maximum atomic E-state index is 11.9. The van der Waals surface area contributed by atoms with Crippen LogP contribution in [0, 0.1) is 0 Å². The van der Waals surface area contributed by atoms with Gasteiger partial charge in [0.25, 0.3) is 0 Å². The number of esters is 1. The largest absolute Gasteiger partial charge is 0.497 e. The number of ether oxygens (including phenoxy) is 2. The van der Waals surface area contributed by atoms with Crippen LogP contribution in [0.15, 0.2) is 42.6 Å². The summed E-state index contributed by atoms with van der Waals surface area (Å²) in [5.41, 5.74) is 1.88. The maximum Gasteiger partial charge on any atom is 0.340 e. The summed E-state index contributed by atoms with van der Waals surface area (Å²) in [6, 6.07) is 10.8. The van der Waals surface area contributed by atoms with E-state index in [-0.39, 0.29) is 5.97 Å². The first-order chi connectivity index (χ1) is 9.26. The van der Waals surface area contributed by atoms with Gasteiger partial charge in [0, 0.05) is 11.8 Å². The molecule has 0 saturated heterocycles. The van der Waals surface area contributed by atoms with E-state index in [2.05, 4.69) is 4.98 Å². The first kappa shape index (κ1) is 13.1. The highest BCUT2D eigenvalue weighted by Gasteiger charge is 2.14. The fourth-order valence-electron chi connectivity index (χ4n) is 1.78. The Balaban J connectivity index is 2.46. The maximum absolute atomic E-state index is 11.9. The smallest absolute Gasteiger partial charge is 0.340 e. The van der Waals surface area contributed by atoms with E-state index in [1.807, 2.05) is 24.3 Å². The molecule has 2 rings (SSSR count). The highest BCUT2D eigenvalue weighted by atomic mass is 16.5. The first-order valence-electron chi connectivity index (χ1n) is 6.02. The third-order valence-electron chi connectivity index (χ3n) is 2.65. The van der Waals surface area contributed by atoms with Crippen molar-refractivity contribution in [3.63, 3.8) is 0 Å². The minimum atomic E-state index is -0.367. The minimum absolute atomic E-state index is 0.339. The van der Waals surface area contributed by atoms with Gasteiger partial charge in [-0.2, -0.15) is 0 Å². The predicted octanol–water partition coefficient (Wildman–Crippen LogP) is 2.93. The van der Waals surface area contributed by atoms with Gasteiger partial charge in [-0.25, -0.2) is 4.79 Å². The summed E-state index contributed by atoms with van der Waals surface area (Å²) in [6.07, 6.45) is 1.65. The second-order valence-corrected chi connectivity index (χ2v) is 3.85. The Bertz CT molecular complexity index is 581. The average molecular weight is 257 g/mol. The molecule has 0 N–H and O–H groups in total. The van der Waals surface area contributed by atoms with Crippen LogP contribution >= 0.6 is 0 Å². The third-order valence-corrected chi connectivity index (χ3v) is 2.65. The Morgan fingerprint density at radius 2 is 2.11 bits per heavy atom. The second kappa shape index (κ2) is 6.00. The molecule has 2 aromatic rings. The van der Waals surface area contributed by atoms with Gasteiger partial charge in [0.1, 0.15) is 5.75 Å². The van der Waals surface area contributed by atoms with Crippen LogP contribution in [-0.4, -0.2) is 24.7 Å². The summed E-state index contributed by atoms with van der Waals surface area (Å²) in [5.74, 6) is 0.353. The molecule has 0 saturated carbocycles. The van der Waals surface area contributed by atoms with Crippen LogP contribution in [0.2, 0.25) is 0 Å². The lowest BCUT2D eigenvalue weighted by Gasteiger charge is -2.08. The Morgan fingerprint density at radius 1 is 1.26 bits per heavy atom. The fraction of sp³-hybridized carbons (Fsp3) is 0.200. The molecule has 1 aromatic carbocycles. The van der Waals surface area contributed by atoms with E-state index in [1.165, 1.54) is 0 Å². The van der Waals surface area contributed by atoms with E-state index in [4.69, 9.17) is 9.47 Å². The Morgan fingerprint density at radius 3 is 2.84 bits per heavy atom. The van der Waals surface area contributed by atoms with Crippen molar-refractivity contribution in [1.82, 2.24) is 4.98 Å². The molecule has 0 bridgehead atoms. The summed E-state index contributed by atoms with van der Waals surface area (Å²) in [5, 5.41) is 0. The van der Waals surface area contributed by atoms with Crippen molar-refractivity contribution in [2.45, 2.75) is 6.92 Å². The van der Waals surface area contributed by atoms with E-state index in [9.17, 15) is 4.79 Å². The molecular weight excluding hydrogens is 242 g/mol. The topological polar surface area (TPSA) is 48.4 Å². The SMILES string of the molecule is CCOC(=O)c1cccnc1-c1cccc(OC)c1. The zero-order valence-corrected chi connectivity index (χ0v) is 10.9. The number of methoxy groups -OCH3 is 1. The van der Waals surface area contributed by atoms with Gasteiger partial charge in [-0.1, -0.05) is 12.1 Å². The summed E-state index contributed by atoms with van der Waals surface area (Å²) in [6.45, 7) is 2.12.